The third kappa shape index (κ3) is 4.79. The molecule has 1 aromatic heterocycles. The highest BCUT2D eigenvalue weighted by molar-refractivity contribution is 7.94. The summed E-state index contributed by atoms with van der Waals surface area (Å²) in [7, 11) is -1.77. The SMILES string of the molecule is C[C@@H](c1ccccc1)N(C)C(=O)Cc1ccc(NS(=O)(=O)c2cccs2)cc1. The van der Waals surface area contributed by atoms with E-state index in [0.29, 0.717) is 5.69 Å². The van der Waals surface area contributed by atoms with Gasteiger partial charge < -0.3 is 4.90 Å². The zero-order valence-corrected chi connectivity index (χ0v) is 17.3. The molecule has 0 saturated carbocycles. The molecule has 28 heavy (non-hydrogen) atoms. The topological polar surface area (TPSA) is 66.5 Å². The van der Waals surface area contributed by atoms with E-state index in [4.69, 9.17) is 0 Å². The predicted octanol–water partition coefficient (Wildman–Crippen LogP) is 4.31. The van der Waals surface area contributed by atoms with Crippen LogP contribution in [0.15, 0.2) is 76.3 Å². The van der Waals surface area contributed by atoms with E-state index in [1.54, 1.807) is 53.7 Å². The zero-order chi connectivity index (χ0) is 20.1. The molecule has 7 heteroatoms. The van der Waals surface area contributed by atoms with Gasteiger partial charge >= 0.3 is 0 Å². The smallest absolute Gasteiger partial charge is 0.271 e. The van der Waals surface area contributed by atoms with Crippen molar-refractivity contribution in [3.63, 3.8) is 0 Å². The second kappa shape index (κ2) is 8.58. The van der Waals surface area contributed by atoms with Crippen LogP contribution in [-0.4, -0.2) is 26.3 Å². The van der Waals surface area contributed by atoms with Crippen molar-refractivity contribution < 1.29 is 13.2 Å². The highest BCUT2D eigenvalue weighted by atomic mass is 32.2. The summed E-state index contributed by atoms with van der Waals surface area (Å²) in [6.45, 7) is 2.00. The number of anilines is 1. The molecular formula is C21H22N2O3S2. The molecule has 0 unspecified atom stereocenters. The van der Waals surface area contributed by atoms with Crippen molar-refractivity contribution in [1.82, 2.24) is 4.90 Å². The summed E-state index contributed by atoms with van der Waals surface area (Å²) >= 11 is 1.16. The van der Waals surface area contributed by atoms with Gasteiger partial charge in [0.25, 0.3) is 10.0 Å². The van der Waals surface area contributed by atoms with Crippen LogP contribution in [0.3, 0.4) is 0 Å². The minimum atomic E-state index is -3.57. The van der Waals surface area contributed by atoms with Gasteiger partial charge in [-0.15, -0.1) is 11.3 Å². The number of sulfonamides is 1. The first-order valence-electron chi connectivity index (χ1n) is 8.83. The Labute approximate surface area is 169 Å². The Morgan fingerprint density at radius 1 is 1.04 bits per heavy atom. The molecule has 3 rings (SSSR count). The van der Waals surface area contributed by atoms with Crippen LogP contribution in [0.5, 0.6) is 0 Å². The van der Waals surface area contributed by atoms with Crippen LogP contribution in [0.1, 0.15) is 24.1 Å². The number of hydrogen-bond donors (Lipinski definition) is 1. The van der Waals surface area contributed by atoms with Crippen LogP contribution < -0.4 is 4.72 Å². The molecular weight excluding hydrogens is 392 g/mol. The fourth-order valence-corrected chi connectivity index (χ4v) is 4.83. The Balaban J connectivity index is 1.63. The minimum absolute atomic E-state index is 0.00303. The number of hydrogen-bond acceptors (Lipinski definition) is 4. The number of likely N-dealkylation sites (N-methyl/N-ethyl adjacent to an activating group) is 1. The van der Waals surface area contributed by atoms with Crippen molar-refractivity contribution in [2.75, 3.05) is 11.8 Å². The normalized spacial score (nSPS) is 12.4. The summed E-state index contributed by atoms with van der Waals surface area (Å²) in [6.07, 6.45) is 0.256. The second-order valence-corrected chi connectivity index (χ2v) is 9.36. The van der Waals surface area contributed by atoms with Gasteiger partial charge in [-0.3, -0.25) is 9.52 Å². The van der Waals surface area contributed by atoms with E-state index in [9.17, 15) is 13.2 Å². The van der Waals surface area contributed by atoms with Gasteiger partial charge in [0.05, 0.1) is 12.5 Å². The molecule has 5 nitrogen and oxygen atoms in total. The molecule has 1 N–H and O–H groups in total. The van der Waals surface area contributed by atoms with Gasteiger partial charge in [-0.2, -0.15) is 0 Å². The van der Waals surface area contributed by atoms with Crippen molar-refractivity contribution >= 4 is 33.0 Å². The van der Waals surface area contributed by atoms with Crippen LogP contribution in [0, 0.1) is 0 Å². The van der Waals surface area contributed by atoms with Crippen LogP contribution in [0.4, 0.5) is 5.69 Å². The van der Waals surface area contributed by atoms with E-state index in [1.807, 2.05) is 37.3 Å². The Morgan fingerprint density at radius 3 is 2.32 bits per heavy atom. The zero-order valence-electron chi connectivity index (χ0n) is 15.7. The molecule has 0 bridgehead atoms. The summed E-state index contributed by atoms with van der Waals surface area (Å²) in [5.74, 6) is 0.00303. The van der Waals surface area contributed by atoms with Gasteiger partial charge in [0.15, 0.2) is 0 Å². The molecule has 0 aliphatic rings. The molecule has 0 saturated heterocycles. The third-order valence-corrected chi connectivity index (χ3v) is 7.36. The first kappa shape index (κ1) is 20.1. The Bertz CT molecular complexity index is 1020. The highest BCUT2D eigenvalue weighted by Gasteiger charge is 2.18. The predicted molar refractivity (Wildman–Crippen MR) is 113 cm³/mol. The van der Waals surface area contributed by atoms with Crippen molar-refractivity contribution in [2.45, 2.75) is 23.6 Å². The maximum absolute atomic E-state index is 12.6. The summed E-state index contributed by atoms with van der Waals surface area (Å²) in [4.78, 5) is 14.3. The molecule has 0 fully saturated rings. The molecule has 1 heterocycles. The third-order valence-electron chi connectivity index (χ3n) is 4.58. The minimum Gasteiger partial charge on any atom is -0.339 e. The first-order valence-corrected chi connectivity index (χ1v) is 11.2. The van der Waals surface area contributed by atoms with E-state index in [2.05, 4.69) is 4.72 Å². The lowest BCUT2D eigenvalue weighted by atomic mass is 10.1. The average molecular weight is 415 g/mol. The first-order chi connectivity index (χ1) is 13.4. The van der Waals surface area contributed by atoms with Gasteiger partial charge in [-0.1, -0.05) is 48.5 Å². The van der Waals surface area contributed by atoms with E-state index in [-0.39, 0.29) is 22.6 Å². The maximum Gasteiger partial charge on any atom is 0.271 e. The van der Waals surface area contributed by atoms with Crippen molar-refractivity contribution in [3.05, 3.63) is 83.2 Å². The maximum atomic E-state index is 12.6. The molecule has 1 atom stereocenters. The quantitative estimate of drug-likeness (QED) is 0.626. The summed E-state index contributed by atoms with van der Waals surface area (Å²) in [5, 5.41) is 1.72. The molecule has 146 valence electrons. The Morgan fingerprint density at radius 2 is 1.71 bits per heavy atom. The lowest BCUT2D eigenvalue weighted by Gasteiger charge is -2.25. The number of amides is 1. The Kier molecular flexibility index (Phi) is 6.16. The van der Waals surface area contributed by atoms with Gasteiger partial charge in [0.2, 0.25) is 5.91 Å². The lowest BCUT2D eigenvalue weighted by Crippen LogP contribution is -2.30. The van der Waals surface area contributed by atoms with E-state index < -0.39 is 10.0 Å². The number of rotatable bonds is 7. The van der Waals surface area contributed by atoms with E-state index in [0.717, 1.165) is 22.5 Å². The summed E-state index contributed by atoms with van der Waals surface area (Å²) in [6, 6.07) is 20.0. The number of benzene rings is 2. The van der Waals surface area contributed by atoms with Gasteiger partial charge in [0, 0.05) is 12.7 Å². The van der Waals surface area contributed by atoms with Crippen LogP contribution in [0.25, 0.3) is 0 Å². The largest absolute Gasteiger partial charge is 0.339 e. The van der Waals surface area contributed by atoms with E-state index >= 15 is 0 Å². The average Bonchev–Trinajstić information content (AvgIpc) is 3.25. The van der Waals surface area contributed by atoms with Crippen molar-refractivity contribution in [2.24, 2.45) is 0 Å². The summed E-state index contributed by atoms with van der Waals surface area (Å²) < 4.78 is 27.3. The van der Waals surface area contributed by atoms with Crippen LogP contribution >= 0.6 is 11.3 Å². The highest BCUT2D eigenvalue weighted by Crippen LogP contribution is 2.22. The molecule has 1 amide bonds. The van der Waals surface area contributed by atoms with Crippen LogP contribution in [-0.2, 0) is 21.2 Å². The number of nitrogens with one attached hydrogen (secondary N) is 1. The van der Waals surface area contributed by atoms with Gasteiger partial charge in [-0.25, -0.2) is 8.42 Å². The van der Waals surface area contributed by atoms with Gasteiger partial charge in [0.1, 0.15) is 4.21 Å². The molecule has 3 aromatic rings. The standard InChI is InChI=1S/C21H22N2O3S2/c1-16(18-7-4-3-5-8-18)23(2)20(24)15-17-10-12-19(13-11-17)22-28(25,26)21-9-6-14-27-21/h3-14,16,22H,15H2,1-2H3/t16-/m0/s1. The monoisotopic (exact) mass is 414 g/mol. The molecule has 0 aliphatic carbocycles. The second-order valence-electron chi connectivity index (χ2n) is 6.50. The lowest BCUT2D eigenvalue weighted by molar-refractivity contribution is -0.131. The molecule has 0 aliphatic heterocycles. The van der Waals surface area contributed by atoms with E-state index in [1.165, 1.54) is 0 Å². The fraction of sp³-hybridized carbons (Fsp3) is 0.190. The number of carbonyl (C=O) groups excluding carboxylic acids is 1. The fourth-order valence-electron chi connectivity index (χ4n) is 2.78. The number of nitrogens with zero attached hydrogens (tertiary/aromatic N) is 1. The number of thiophene rings is 1. The van der Waals surface area contributed by atoms with Crippen molar-refractivity contribution in [1.29, 1.82) is 0 Å². The van der Waals surface area contributed by atoms with Crippen LogP contribution in [0.2, 0.25) is 0 Å². The van der Waals surface area contributed by atoms with Crippen molar-refractivity contribution in [3.8, 4) is 0 Å². The molecule has 2 aromatic carbocycles. The Hall–Kier alpha value is -2.64. The molecule has 0 spiro atoms. The summed E-state index contributed by atoms with van der Waals surface area (Å²) in [5.41, 5.74) is 2.38. The number of carbonyl (C=O) groups is 1. The molecule has 0 radical (unpaired) electrons. The van der Waals surface area contributed by atoms with Gasteiger partial charge in [-0.05, 0) is 41.6 Å².